The first-order chi connectivity index (χ1) is 16.2. The summed E-state index contributed by atoms with van der Waals surface area (Å²) in [5.74, 6) is 1.84. The number of benzene rings is 3. The molecule has 0 aliphatic carbocycles. The topological polar surface area (TPSA) is 76.7 Å². The molecule has 0 bridgehead atoms. The van der Waals surface area contributed by atoms with E-state index in [9.17, 15) is 4.79 Å². The Bertz CT molecular complexity index is 1300. The molecule has 1 N–H and O–H groups in total. The average Bonchev–Trinajstić information content (AvgIpc) is 3.43. The minimum atomic E-state index is -0.398. The maximum Gasteiger partial charge on any atom is 0.277 e. The highest BCUT2D eigenvalue weighted by Crippen LogP contribution is 2.46. The van der Waals surface area contributed by atoms with Crippen molar-refractivity contribution in [1.82, 2.24) is 10.2 Å². The maximum atomic E-state index is 13.6. The van der Waals surface area contributed by atoms with Crippen molar-refractivity contribution in [2.75, 3.05) is 26.2 Å². The number of amides is 1. The van der Waals surface area contributed by atoms with E-state index in [-0.39, 0.29) is 5.91 Å². The summed E-state index contributed by atoms with van der Waals surface area (Å²) in [4.78, 5) is 15.4. The summed E-state index contributed by atoms with van der Waals surface area (Å²) in [5.41, 5.74) is 4.60. The Morgan fingerprint density at radius 2 is 1.58 bits per heavy atom. The molecule has 0 radical (unpaired) electrons. The van der Waals surface area contributed by atoms with Gasteiger partial charge in [-0.2, -0.15) is 5.10 Å². The van der Waals surface area contributed by atoms with E-state index in [2.05, 4.69) is 10.2 Å². The van der Waals surface area contributed by atoms with Gasteiger partial charge in [-0.3, -0.25) is 14.8 Å². The first-order valence-corrected chi connectivity index (χ1v) is 10.5. The molecule has 0 spiro atoms. The lowest BCUT2D eigenvalue weighted by Crippen LogP contribution is -2.29. The van der Waals surface area contributed by atoms with Gasteiger partial charge in [0.1, 0.15) is 11.4 Å². The van der Waals surface area contributed by atoms with Crippen LogP contribution in [0.5, 0.6) is 17.2 Å². The molecular weight excluding hydrogens is 418 g/mol. The zero-order valence-corrected chi connectivity index (χ0v) is 18.5. The highest BCUT2D eigenvalue weighted by molar-refractivity contribution is 6.11. The van der Waals surface area contributed by atoms with Gasteiger partial charge in [-0.15, -0.1) is 0 Å². The Morgan fingerprint density at radius 3 is 2.24 bits per heavy atom. The molecule has 7 heteroatoms. The monoisotopic (exact) mass is 441 g/mol. The van der Waals surface area contributed by atoms with Crippen molar-refractivity contribution >= 4 is 11.6 Å². The van der Waals surface area contributed by atoms with Crippen LogP contribution in [0.25, 0.3) is 11.3 Å². The number of para-hydroxylation sites is 1. The lowest BCUT2D eigenvalue weighted by atomic mass is 9.95. The summed E-state index contributed by atoms with van der Waals surface area (Å²) in [6.07, 6.45) is 0. The van der Waals surface area contributed by atoms with Gasteiger partial charge in [0.25, 0.3) is 5.91 Å². The summed E-state index contributed by atoms with van der Waals surface area (Å²) in [7, 11) is 4.83. The number of methoxy groups -OCH3 is 3. The van der Waals surface area contributed by atoms with Gasteiger partial charge < -0.3 is 14.2 Å². The summed E-state index contributed by atoms with van der Waals surface area (Å²) < 4.78 is 16.3. The third-order valence-electron chi connectivity index (χ3n) is 5.89. The number of fused-ring (bicyclic) bond motifs is 1. The third-order valence-corrected chi connectivity index (χ3v) is 5.89. The molecule has 3 aromatic carbocycles. The van der Waals surface area contributed by atoms with Gasteiger partial charge in [0.15, 0.2) is 11.5 Å². The van der Waals surface area contributed by atoms with E-state index in [0.29, 0.717) is 17.2 Å². The number of rotatable bonds is 6. The molecule has 1 atom stereocenters. The molecule has 2 heterocycles. The van der Waals surface area contributed by atoms with Gasteiger partial charge in [-0.1, -0.05) is 24.3 Å². The molecule has 1 aliphatic rings. The summed E-state index contributed by atoms with van der Waals surface area (Å²) in [5, 5.41) is 7.51. The SMILES string of the molecule is COc1ccc(-c2n[nH]c3c2[C@@H](c2ccc(OC)c(OC)c2)N(c2ccccc2)C3=O)cc1. The first kappa shape index (κ1) is 20.6. The molecule has 33 heavy (non-hydrogen) atoms. The standard InChI is InChI=1S/C26H23N3O4/c1-31-19-12-9-16(10-13-19)23-22-24(28-27-23)26(30)29(18-7-5-4-6-8-18)25(22)17-11-14-20(32-2)21(15-17)33-3/h4-15,25H,1-3H3,(H,27,28)/t25-/m1/s1. The fraction of sp³-hybridized carbons (Fsp3) is 0.154. The van der Waals surface area contributed by atoms with Crippen LogP contribution in [0.15, 0.2) is 72.8 Å². The first-order valence-electron chi connectivity index (χ1n) is 10.5. The van der Waals surface area contributed by atoms with Crippen LogP contribution >= 0.6 is 0 Å². The van der Waals surface area contributed by atoms with Crippen LogP contribution in [-0.4, -0.2) is 37.4 Å². The molecule has 4 aromatic rings. The lowest BCUT2D eigenvalue weighted by molar-refractivity contribution is 0.0988. The van der Waals surface area contributed by atoms with Crippen molar-refractivity contribution in [3.05, 3.63) is 89.6 Å². The zero-order valence-electron chi connectivity index (χ0n) is 18.5. The number of aromatic nitrogens is 2. The molecule has 0 fully saturated rings. The van der Waals surface area contributed by atoms with Gasteiger partial charge in [-0.05, 0) is 54.1 Å². The molecule has 1 aromatic heterocycles. The number of ether oxygens (including phenoxy) is 3. The van der Waals surface area contributed by atoms with Crippen LogP contribution in [0.4, 0.5) is 5.69 Å². The Morgan fingerprint density at radius 1 is 0.848 bits per heavy atom. The van der Waals surface area contributed by atoms with Gasteiger partial charge in [0.05, 0.1) is 33.1 Å². The highest BCUT2D eigenvalue weighted by atomic mass is 16.5. The number of carbonyl (C=O) groups is 1. The number of nitrogens with zero attached hydrogens (tertiary/aromatic N) is 2. The number of hydrogen-bond acceptors (Lipinski definition) is 5. The Hall–Kier alpha value is -4.26. The van der Waals surface area contributed by atoms with Gasteiger partial charge in [0, 0.05) is 16.8 Å². The molecule has 5 rings (SSSR count). The smallest absolute Gasteiger partial charge is 0.277 e. The quantitative estimate of drug-likeness (QED) is 0.463. The molecular formula is C26H23N3O4. The van der Waals surface area contributed by atoms with E-state index in [1.807, 2.05) is 72.8 Å². The van der Waals surface area contributed by atoms with Gasteiger partial charge in [0.2, 0.25) is 0 Å². The maximum absolute atomic E-state index is 13.6. The van der Waals surface area contributed by atoms with Crippen LogP contribution in [0.3, 0.4) is 0 Å². The molecule has 166 valence electrons. The van der Waals surface area contributed by atoms with Crippen molar-refractivity contribution < 1.29 is 19.0 Å². The summed E-state index contributed by atoms with van der Waals surface area (Å²) in [6.45, 7) is 0. The van der Waals surface area contributed by atoms with Crippen LogP contribution in [0, 0.1) is 0 Å². The van der Waals surface area contributed by atoms with Crippen LogP contribution in [-0.2, 0) is 0 Å². The van der Waals surface area contributed by atoms with Crippen molar-refractivity contribution in [1.29, 1.82) is 0 Å². The van der Waals surface area contributed by atoms with Crippen LogP contribution in [0.2, 0.25) is 0 Å². The fourth-order valence-electron chi connectivity index (χ4n) is 4.31. The Labute approximate surface area is 191 Å². The minimum absolute atomic E-state index is 0.136. The van der Waals surface area contributed by atoms with Gasteiger partial charge >= 0.3 is 0 Å². The molecule has 0 unspecified atom stereocenters. The van der Waals surface area contributed by atoms with Crippen LogP contribution < -0.4 is 19.1 Å². The number of carbonyl (C=O) groups excluding carboxylic acids is 1. The van der Waals surface area contributed by atoms with E-state index >= 15 is 0 Å². The van der Waals surface area contributed by atoms with E-state index in [0.717, 1.165) is 33.8 Å². The molecule has 0 saturated carbocycles. The number of anilines is 1. The van der Waals surface area contributed by atoms with E-state index in [1.54, 1.807) is 26.2 Å². The Balaban J connectivity index is 1.71. The predicted molar refractivity (Wildman–Crippen MR) is 125 cm³/mol. The molecule has 0 saturated heterocycles. The van der Waals surface area contributed by atoms with E-state index in [1.165, 1.54) is 0 Å². The van der Waals surface area contributed by atoms with Crippen molar-refractivity contribution in [3.8, 4) is 28.5 Å². The number of H-pyrrole nitrogens is 1. The number of aromatic amines is 1. The second-order valence-corrected chi connectivity index (χ2v) is 7.62. The molecule has 1 aliphatic heterocycles. The highest BCUT2D eigenvalue weighted by Gasteiger charge is 2.43. The zero-order chi connectivity index (χ0) is 22.9. The minimum Gasteiger partial charge on any atom is -0.497 e. The third kappa shape index (κ3) is 3.38. The van der Waals surface area contributed by atoms with Crippen molar-refractivity contribution in [2.24, 2.45) is 0 Å². The van der Waals surface area contributed by atoms with Crippen LogP contribution in [0.1, 0.15) is 27.7 Å². The van der Waals surface area contributed by atoms with Crippen molar-refractivity contribution in [2.45, 2.75) is 6.04 Å². The second kappa shape index (κ2) is 8.35. The summed E-state index contributed by atoms with van der Waals surface area (Å²) >= 11 is 0. The van der Waals surface area contributed by atoms with Gasteiger partial charge in [-0.25, -0.2) is 0 Å². The van der Waals surface area contributed by atoms with E-state index in [4.69, 9.17) is 14.2 Å². The number of hydrogen-bond donors (Lipinski definition) is 1. The molecule has 1 amide bonds. The Kier molecular flexibility index (Phi) is 5.22. The predicted octanol–water partition coefficient (Wildman–Crippen LogP) is 4.85. The fourth-order valence-corrected chi connectivity index (χ4v) is 4.31. The normalized spacial score (nSPS) is 14.8. The largest absolute Gasteiger partial charge is 0.497 e. The second-order valence-electron chi connectivity index (χ2n) is 7.62. The van der Waals surface area contributed by atoms with E-state index < -0.39 is 6.04 Å². The summed E-state index contributed by atoms with van der Waals surface area (Å²) in [6, 6.07) is 22.6. The van der Waals surface area contributed by atoms with Crippen molar-refractivity contribution in [3.63, 3.8) is 0 Å². The lowest BCUT2D eigenvalue weighted by Gasteiger charge is -2.27. The molecule has 7 nitrogen and oxygen atoms in total. The average molecular weight is 441 g/mol. The number of nitrogens with one attached hydrogen (secondary N) is 1.